The third-order valence-electron chi connectivity index (χ3n) is 7.66. The monoisotopic (exact) mass is 521 g/mol. The van der Waals surface area contributed by atoms with E-state index >= 15 is 0 Å². The van der Waals surface area contributed by atoms with Gasteiger partial charge in [0.15, 0.2) is 5.82 Å². The van der Waals surface area contributed by atoms with Gasteiger partial charge >= 0.3 is 0 Å². The Hall–Kier alpha value is -3.30. The van der Waals surface area contributed by atoms with Crippen molar-refractivity contribution in [3.8, 4) is 11.3 Å². The van der Waals surface area contributed by atoms with E-state index in [1.165, 1.54) is 60.7 Å². The number of benzene rings is 1. The SMILES string of the molecule is COCCN(c1ccc([C@H]2CN(c3nc(-c4ccncc4F)cc(=O)n3C)CCO2)cc1)C1CCCCC1. The van der Waals surface area contributed by atoms with Crippen molar-refractivity contribution in [1.29, 1.82) is 0 Å². The summed E-state index contributed by atoms with van der Waals surface area (Å²) >= 11 is 0. The Morgan fingerprint density at radius 3 is 2.68 bits per heavy atom. The molecule has 1 saturated heterocycles. The van der Waals surface area contributed by atoms with Crippen molar-refractivity contribution in [2.45, 2.75) is 44.2 Å². The molecule has 1 aliphatic heterocycles. The van der Waals surface area contributed by atoms with Crippen LogP contribution in [0.25, 0.3) is 11.3 Å². The van der Waals surface area contributed by atoms with E-state index < -0.39 is 5.82 Å². The Morgan fingerprint density at radius 1 is 1.16 bits per heavy atom. The molecule has 1 aromatic carbocycles. The molecule has 1 atom stereocenters. The minimum atomic E-state index is -0.507. The van der Waals surface area contributed by atoms with Crippen molar-refractivity contribution in [1.82, 2.24) is 14.5 Å². The van der Waals surface area contributed by atoms with Gasteiger partial charge in [-0.25, -0.2) is 9.37 Å². The maximum atomic E-state index is 14.4. The fourth-order valence-corrected chi connectivity index (χ4v) is 5.55. The quantitative estimate of drug-likeness (QED) is 0.437. The van der Waals surface area contributed by atoms with Crippen LogP contribution in [0.5, 0.6) is 0 Å². The van der Waals surface area contributed by atoms with Crippen LogP contribution in [-0.2, 0) is 16.5 Å². The van der Waals surface area contributed by atoms with Crippen LogP contribution in [0.15, 0.2) is 53.6 Å². The Labute approximate surface area is 223 Å². The molecule has 0 amide bonds. The summed E-state index contributed by atoms with van der Waals surface area (Å²) in [5.74, 6) is -0.0106. The maximum absolute atomic E-state index is 14.4. The van der Waals surface area contributed by atoms with Crippen LogP contribution in [0.4, 0.5) is 16.0 Å². The lowest BCUT2D eigenvalue weighted by Gasteiger charge is -2.37. The molecule has 2 aromatic heterocycles. The molecular formula is C29H36FN5O3. The third-order valence-corrected chi connectivity index (χ3v) is 7.66. The van der Waals surface area contributed by atoms with Crippen molar-refractivity contribution in [3.63, 3.8) is 0 Å². The van der Waals surface area contributed by atoms with E-state index in [4.69, 9.17) is 9.47 Å². The van der Waals surface area contributed by atoms with E-state index in [1.807, 2.05) is 4.90 Å². The van der Waals surface area contributed by atoms with Crippen molar-refractivity contribution in [2.24, 2.45) is 7.05 Å². The average molecular weight is 522 g/mol. The summed E-state index contributed by atoms with van der Waals surface area (Å²) in [5, 5.41) is 0. The van der Waals surface area contributed by atoms with Gasteiger partial charge in [0, 0.05) is 56.8 Å². The number of anilines is 2. The van der Waals surface area contributed by atoms with E-state index in [2.05, 4.69) is 39.1 Å². The highest BCUT2D eigenvalue weighted by Gasteiger charge is 2.26. The zero-order valence-electron chi connectivity index (χ0n) is 22.2. The highest BCUT2D eigenvalue weighted by atomic mass is 19.1. The molecule has 1 saturated carbocycles. The summed E-state index contributed by atoms with van der Waals surface area (Å²) < 4.78 is 27.4. The number of morpholine rings is 1. The lowest BCUT2D eigenvalue weighted by molar-refractivity contribution is 0.0390. The molecule has 3 aromatic rings. The number of methoxy groups -OCH3 is 1. The largest absolute Gasteiger partial charge is 0.383 e. The van der Waals surface area contributed by atoms with Crippen LogP contribution < -0.4 is 15.4 Å². The molecule has 0 radical (unpaired) electrons. The fourth-order valence-electron chi connectivity index (χ4n) is 5.55. The molecule has 0 N–H and O–H groups in total. The highest BCUT2D eigenvalue weighted by molar-refractivity contribution is 5.60. The first-order valence-electron chi connectivity index (χ1n) is 13.4. The molecule has 38 heavy (non-hydrogen) atoms. The van der Waals surface area contributed by atoms with Gasteiger partial charge in [0.25, 0.3) is 5.56 Å². The third kappa shape index (κ3) is 5.73. The van der Waals surface area contributed by atoms with Gasteiger partial charge in [-0.15, -0.1) is 0 Å². The molecule has 8 nitrogen and oxygen atoms in total. The van der Waals surface area contributed by atoms with E-state index in [1.54, 1.807) is 14.2 Å². The first-order chi connectivity index (χ1) is 18.5. The predicted octanol–water partition coefficient (Wildman–Crippen LogP) is 4.34. The van der Waals surface area contributed by atoms with Crippen LogP contribution in [0.3, 0.4) is 0 Å². The zero-order valence-corrected chi connectivity index (χ0v) is 22.2. The van der Waals surface area contributed by atoms with E-state index in [9.17, 15) is 9.18 Å². The smallest absolute Gasteiger partial charge is 0.255 e. The van der Waals surface area contributed by atoms with Crippen molar-refractivity contribution < 1.29 is 13.9 Å². The second kappa shape index (κ2) is 12.0. The lowest BCUT2D eigenvalue weighted by atomic mass is 9.93. The standard InChI is InChI=1S/C29H36FN5O3/c1-33-28(36)18-26(24-12-13-31-19-25(24)30)32-29(33)34-14-17-38-27(20-34)21-8-10-23(11-9-21)35(15-16-37-2)22-6-4-3-5-7-22/h8-13,18-19,22,27H,3-7,14-17,20H2,1-2H3/t27-/m1/s1. The predicted molar refractivity (Wildman–Crippen MR) is 146 cm³/mol. The molecule has 3 heterocycles. The summed E-state index contributed by atoms with van der Waals surface area (Å²) in [7, 11) is 3.44. The minimum absolute atomic E-state index is 0.168. The molecule has 2 aliphatic rings. The summed E-state index contributed by atoms with van der Waals surface area (Å²) in [5.41, 5.74) is 2.61. The number of aromatic nitrogens is 3. The number of nitrogens with zero attached hydrogens (tertiary/aromatic N) is 5. The zero-order chi connectivity index (χ0) is 26.5. The Morgan fingerprint density at radius 2 is 1.95 bits per heavy atom. The van der Waals surface area contributed by atoms with Crippen LogP contribution >= 0.6 is 0 Å². The van der Waals surface area contributed by atoms with Gasteiger partial charge in [0.1, 0.15) is 6.10 Å². The molecule has 1 aliphatic carbocycles. The number of hydrogen-bond donors (Lipinski definition) is 0. The van der Waals surface area contributed by atoms with Crippen LogP contribution in [0.1, 0.15) is 43.8 Å². The second-order valence-corrected chi connectivity index (χ2v) is 10.1. The summed E-state index contributed by atoms with van der Waals surface area (Å²) in [6.07, 6.45) is 8.79. The number of hydrogen-bond acceptors (Lipinski definition) is 7. The van der Waals surface area contributed by atoms with E-state index in [-0.39, 0.29) is 17.2 Å². The topological polar surface area (TPSA) is 72.7 Å². The van der Waals surface area contributed by atoms with Gasteiger partial charge in [-0.3, -0.25) is 14.3 Å². The van der Waals surface area contributed by atoms with Crippen molar-refractivity contribution in [3.05, 3.63) is 70.5 Å². The number of rotatable bonds is 8. The van der Waals surface area contributed by atoms with Crippen LogP contribution in [0, 0.1) is 5.82 Å². The van der Waals surface area contributed by atoms with Gasteiger partial charge in [0.2, 0.25) is 5.95 Å². The molecule has 2 fully saturated rings. The number of ether oxygens (including phenoxy) is 2. The van der Waals surface area contributed by atoms with Crippen molar-refractivity contribution in [2.75, 3.05) is 49.8 Å². The van der Waals surface area contributed by atoms with Gasteiger partial charge in [-0.05, 0) is 36.6 Å². The molecule has 0 unspecified atom stereocenters. The fraction of sp³-hybridized carbons (Fsp3) is 0.483. The van der Waals surface area contributed by atoms with Gasteiger partial charge < -0.3 is 19.3 Å². The maximum Gasteiger partial charge on any atom is 0.255 e. The summed E-state index contributed by atoms with van der Waals surface area (Å²) in [6.45, 7) is 3.20. The molecule has 202 valence electrons. The first kappa shape index (κ1) is 26.3. The van der Waals surface area contributed by atoms with Crippen molar-refractivity contribution >= 4 is 11.6 Å². The van der Waals surface area contributed by atoms with E-state index in [0.29, 0.717) is 44.0 Å². The first-order valence-corrected chi connectivity index (χ1v) is 13.4. The molecular weight excluding hydrogens is 485 g/mol. The molecule has 5 rings (SSSR count). The minimum Gasteiger partial charge on any atom is -0.383 e. The van der Waals surface area contributed by atoms with Crippen LogP contribution in [-0.4, -0.2) is 60.5 Å². The Bertz CT molecular complexity index is 1280. The summed E-state index contributed by atoms with van der Waals surface area (Å²) in [4.78, 5) is 25.8. The van der Waals surface area contributed by atoms with E-state index in [0.717, 1.165) is 18.3 Å². The molecule has 0 spiro atoms. The van der Waals surface area contributed by atoms with Gasteiger partial charge in [-0.1, -0.05) is 31.4 Å². The number of halogens is 1. The average Bonchev–Trinajstić information content (AvgIpc) is 2.96. The summed E-state index contributed by atoms with van der Waals surface area (Å²) in [6, 6.07) is 12.1. The van der Waals surface area contributed by atoms with Gasteiger partial charge in [-0.2, -0.15) is 0 Å². The Kier molecular flexibility index (Phi) is 8.34. The normalized spacial score (nSPS) is 18.5. The molecule has 0 bridgehead atoms. The van der Waals surface area contributed by atoms with Crippen LogP contribution in [0.2, 0.25) is 0 Å². The van der Waals surface area contributed by atoms with Gasteiger partial charge in [0.05, 0.1) is 31.6 Å². The molecule has 9 heteroatoms. The highest BCUT2D eigenvalue weighted by Crippen LogP contribution is 2.31. The second-order valence-electron chi connectivity index (χ2n) is 10.1. The number of pyridine rings is 1. The lowest BCUT2D eigenvalue weighted by Crippen LogP contribution is -2.41. The Balaban J connectivity index is 1.36.